The minimum absolute atomic E-state index is 0.232. The second kappa shape index (κ2) is 6.81. The van der Waals surface area contributed by atoms with Crippen LogP contribution in [-0.2, 0) is 0 Å². The SMILES string of the molecule is CCCNCCOc1ccc(F)cc1C#N. The van der Waals surface area contributed by atoms with Gasteiger partial charge in [0.2, 0.25) is 0 Å². The Balaban J connectivity index is 2.45. The summed E-state index contributed by atoms with van der Waals surface area (Å²) in [4.78, 5) is 0. The molecule has 0 aliphatic heterocycles. The number of ether oxygens (including phenoxy) is 1. The van der Waals surface area contributed by atoms with Gasteiger partial charge >= 0.3 is 0 Å². The van der Waals surface area contributed by atoms with Gasteiger partial charge in [0.25, 0.3) is 0 Å². The molecule has 0 heterocycles. The predicted octanol–water partition coefficient (Wildman–Crippen LogP) is 2.08. The fourth-order valence-corrected chi connectivity index (χ4v) is 1.25. The van der Waals surface area contributed by atoms with Crippen LogP contribution in [-0.4, -0.2) is 19.7 Å². The molecule has 4 heteroatoms. The van der Waals surface area contributed by atoms with Crippen LogP contribution in [0.25, 0.3) is 0 Å². The van der Waals surface area contributed by atoms with Crippen LogP contribution in [0.15, 0.2) is 18.2 Å². The Morgan fingerprint density at radius 1 is 1.44 bits per heavy atom. The van der Waals surface area contributed by atoms with Crippen LogP contribution in [0.1, 0.15) is 18.9 Å². The van der Waals surface area contributed by atoms with Crippen LogP contribution >= 0.6 is 0 Å². The molecule has 0 aromatic heterocycles. The largest absolute Gasteiger partial charge is 0.491 e. The minimum atomic E-state index is -0.423. The summed E-state index contributed by atoms with van der Waals surface area (Å²) >= 11 is 0. The molecule has 16 heavy (non-hydrogen) atoms. The van der Waals surface area contributed by atoms with Crippen LogP contribution in [0.4, 0.5) is 4.39 Å². The van der Waals surface area contributed by atoms with Gasteiger partial charge in [0.15, 0.2) is 0 Å². The number of nitriles is 1. The highest BCUT2D eigenvalue weighted by Crippen LogP contribution is 2.18. The maximum Gasteiger partial charge on any atom is 0.137 e. The Kier molecular flexibility index (Phi) is 5.30. The van der Waals surface area contributed by atoms with E-state index in [2.05, 4.69) is 12.2 Å². The molecular formula is C12H15FN2O. The number of hydrogen-bond donors (Lipinski definition) is 1. The Bertz CT molecular complexity index is 374. The highest BCUT2D eigenvalue weighted by molar-refractivity contribution is 5.42. The van der Waals surface area contributed by atoms with Crippen molar-refractivity contribution in [2.24, 2.45) is 0 Å². The van der Waals surface area contributed by atoms with E-state index in [4.69, 9.17) is 10.00 Å². The van der Waals surface area contributed by atoms with E-state index < -0.39 is 5.82 Å². The van der Waals surface area contributed by atoms with Crippen LogP contribution in [0.5, 0.6) is 5.75 Å². The third kappa shape index (κ3) is 3.87. The quantitative estimate of drug-likeness (QED) is 0.749. The van der Waals surface area contributed by atoms with E-state index in [-0.39, 0.29) is 5.56 Å². The third-order valence-electron chi connectivity index (χ3n) is 2.03. The number of rotatable bonds is 6. The molecule has 0 unspecified atom stereocenters. The zero-order valence-corrected chi connectivity index (χ0v) is 9.29. The molecule has 0 radical (unpaired) electrons. The topological polar surface area (TPSA) is 45.0 Å². The fraction of sp³-hybridized carbons (Fsp3) is 0.417. The van der Waals surface area contributed by atoms with Crippen molar-refractivity contribution in [2.75, 3.05) is 19.7 Å². The van der Waals surface area contributed by atoms with E-state index in [1.165, 1.54) is 18.2 Å². The average Bonchev–Trinajstić information content (AvgIpc) is 2.30. The lowest BCUT2D eigenvalue weighted by Crippen LogP contribution is -2.21. The summed E-state index contributed by atoms with van der Waals surface area (Å²) in [7, 11) is 0. The first kappa shape index (κ1) is 12.5. The number of hydrogen-bond acceptors (Lipinski definition) is 3. The number of nitrogens with one attached hydrogen (secondary N) is 1. The normalized spacial score (nSPS) is 9.81. The van der Waals surface area contributed by atoms with Crippen molar-refractivity contribution in [1.82, 2.24) is 5.32 Å². The zero-order chi connectivity index (χ0) is 11.8. The fourth-order valence-electron chi connectivity index (χ4n) is 1.25. The van der Waals surface area contributed by atoms with Gasteiger partial charge in [0, 0.05) is 6.54 Å². The van der Waals surface area contributed by atoms with Crippen molar-refractivity contribution in [3.63, 3.8) is 0 Å². The molecule has 0 bridgehead atoms. The molecule has 0 aliphatic carbocycles. The molecule has 1 rings (SSSR count). The molecule has 0 aliphatic rings. The molecule has 1 aromatic carbocycles. The highest BCUT2D eigenvalue weighted by Gasteiger charge is 2.04. The summed E-state index contributed by atoms with van der Waals surface area (Å²) < 4.78 is 18.2. The second-order valence-corrected chi connectivity index (χ2v) is 3.35. The van der Waals surface area contributed by atoms with E-state index in [1.807, 2.05) is 6.07 Å². The number of halogens is 1. The molecule has 0 saturated heterocycles. The van der Waals surface area contributed by atoms with Crippen molar-refractivity contribution >= 4 is 0 Å². The zero-order valence-electron chi connectivity index (χ0n) is 9.29. The molecule has 1 aromatic rings. The third-order valence-corrected chi connectivity index (χ3v) is 2.03. The molecule has 86 valence electrons. The van der Waals surface area contributed by atoms with Crippen LogP contribution in [0.2, 0.25) is 0 Å². The molecule has 0 saturated carbocycles. The van der Waals surface area contributed by atoms with Gasteiger partial charge in [-0.2, -0.15) is 5.26 Å². The Hall–Kier alpha value is -1.60. The van der Waals surface area contributed by atoms with Crippen molar-refractivity contribution in [3.8, 4) is 11.8 Å². The molecule has 3 nitrogen and oxygen atoms in total. The first-order valence-corrected chi connectivity index (χ1v) is 5.31. The second-order valence-electron chi connectivity index (χ2n) is 3.35. The first-order chi connectivity index (χ1) is 7.77. The Morgan fingerprint density at radius 2 is 2.25 bits per heavy atom. The van der Waals surface area contributed by atoms with Crippen molar-refractivity contribution < 1.29 is 9.13 Å². The summed E-state index contributed by atoms with van der Waals surface area (Å²) in [5.41, 5.74) is 0.232. The average molecular weight is 222 g/mol. The summed E-state index contributed by atoms with van der Waals surface area (Å²) in [5, 5.41) is 11.9. The lowest BCUT2D eigenvalue weighted by atomic mass is 10.2. The van der Waals surface area contributed by atoms with Crippen LogP contribution in [0.3, 0.4) is 0 Å². The first-order valence-electron chi connectivity index (χ1n) is 5.31. The Morgan fingerprint density at radius 3 is 2.94 bits per heavy atom. The van der Waals surface area contributed by atoms with Crippen molar-refractivity contribution in [1.29, 1.82) is 5.26 Å². The van der Waals surface area contributed by atoms with E-state index >= 15 is 0 Å². The van der Waals surface area contributed by atoms with Gasteiger partial charge in [0.05, 0.1) is 5.56 Å². The van der Waals surface area contributed by atoms with E-state index in [9.17, 15) is 4.39 Å². The van der Waals surface area contributed by atoms with Gasteiger partial charge in [-0.25, -0.2) is 4.39 Å². The molecule has 0 amide bonds. The molecule has 1 N–H and O–H groups in total. The van der Waals surface area contributed by atoms with Gasteiger partial charge < -0.3 is 10.1 Å². The van der Waals surface area contributed by atoms with Crippen molar-refractivity contribution in [3.05, 3.63) is 29.6 Å². The van der Waals surface area contributed by atoms with Gasteiger partial charge in [0.1, 0.15) is 24.2 Å². The number of benzene rings is 1. The van der Waals surface area contributed by atoms with Gasteiger partial charge in [-0.05, 0) is 31.2 Å². The lowest BCUT2D eigenvalue weighted by Gasteiger charge is -2.08. The minimum Gasteiger partial charge on any atom is -0.491 e. The van der Waals surface area contributed by atoms with Gasteiger partial charge in [-0.3, -0.25) is 0 Å². The highest BCUT2D eigenvalue weighted by atomic mass is 19.1. The van der Waals surface area contributed by atoms with Gasteiger partial charge in [-0.1, -0.05) is 6.92 Å². The van der Waals surface area contributed by atoms with E-state index in [1.54, 1.807) is 0 Å². The summed E-state index contributed by atoms with van der Waals surface area (Å²) in [6.45, 7) is 4.22. The Labute approximate surface area is 94.8 Å². The predicted molar refractivity (Wildman–Crippen MR) is 59.8 cm³/mol. The van der Waals surface area contributed by atoms with E-state index in [0.29, 0.717) is 12.4 Å². The maximum atomic E-state index is 12.8. The monoisotopic (exact) mass is 222 g/mol. The van der Waals surface area contributed by atoms with E-state index in [0.717, 1.165) is 19.5 Å². The molecule has 0 spiro atoms. The summed E-state index contributed by atoms with van der Waals surface area (Å²) in [6, 6.07) is 5.85. The molecular weight excluding hydrogens is 207 g/mol. The standard InChI is InChI=1S/C12H15FN2O/c1-2-5-15-6-7-16-12-4-3-11(13)8-10(12)9-14/h3-4,8,15H,2,5-7H2,1H3. The van der Waals surface area contributed by atoms with Crippen LogP contribution in [0, 0.1) is 17.1 Å². The summed E-state index contributed by atoms with van der Waals surface area (Å²) in [5.74, 6) is 0.00945. The lowest BCUT2D eigenvalue weighted by molar-refractivity contribution is 0.313. The summed E-state index contributed by atoms with van der Waals surface area (Å²) in [6.07, 6.45) is 1.07. The van der Waals surface area contributed by atoms with Crippen molar-refractivity contribution in [2.45, 2.75) is 13.3 Å². The molecule has 0 atom stereocenters. The van der Waals surface area contributed by atoms with Gasteiger partial charge in [-0.15, -0.1) is 0 Å². The van der Waals surface area contributed by atoms with Crippen LogP contribution < -0.4 is 10.1 Å². The number of nitrogens with zero attached hydrogens (tertiary/aromatic N) is 1. The smallest absolute Gasteiger partial charge is 0.137 e. The maximum absolute atomic E-state index is 12.8. The molecule has 0 fully saturated rings.